The number of nitrogens with one attached hydrogen (secondary N) is 1. The lowest BCUT2D eigenvalue weighted by atomic mass is 9.68. The lowest BCUT2D eigenvalue weighted by molar-refractivity contribution is -0.123. The zero-order chi connectivity index (χ0) is 22.4. The number of anilines is 1. The molecule has 3 N–H and O–H groups in total. The van der Waals surface area contributed by atoms with Crippen molar-refractivity contribution in [3.63, 3.8) is 0 Å². The molecule has 8 heteroatoms. The van der Waals surface area contributed by atoms with Gasteiger partial charge >= 0.3 is 4.87 Å². The highest BCUT2D eigenvalue weighted by molar-refractivity contribution is 8.00. The van der Waals surface area contributed by atoms with Gasteiger partial charge in [0.2, 0.25) is 5.91 Å². The van der Waals surface area contributed by atoms with E-state index < -0.39 is 6.23 Å². The third-order valence-corrected chi connectivity index (χ3v) is 10.8. The topological polar surface area (TPSA) is 93.6 Å². The molecule has 2 aliphatic carbocycles. The van der Waals surface area contributed by atoms with Gasteiger partial charge < -0.3 is 15.2 Å². The van der Waals surface area contributed by atoms with Gasteiger partial charge in [0.05, 0.1) is 5.03 Å². The fourth-order valence-electron chi connectivity index (χ4n) is 7.12. The van der Waals surface area contributed by atoms with Crippen molar-refractivity contribution in [1.29, 1.82) is 0 Å². The number of phenols is 1. The molecule has 1 aromatic heterocycles. The van der Waals surface area contributed by atoms with Gasteiger partial charge in [-0.3, -0.25) is 14.5 Å². The molecular formula is C25H22N2O4S2. The van der Waals surface area contributed by atoms with Crippen molar-refractivity contribution in [2.24, 2.45) is 29.6 Å². The number of aromatic nitrogens is 1. The number of H-pyrrole nitrogens is 1. The van der Waals surface area contributed by atoms with Gasteiger partial charge in [-0.15, -0.1) is 11.8 Å². The van der Waals surface area contributed by atoms with Gasteiger partial charge in [-0.1, -0.05) is 41.7 Å². The second-order valence-corrected chi connectivity index (χ2v) is 11.8. The number of rotatable bonds is 2. The highest BCUT2D eigenvalue weighted by Gasteiger charge is 2.69. The highest BCUT2D eigenvalue weighted by atomic mass is 32.2. The number of hydrogen-bond acceptors (Lipinski definition) is 6. The third kappa shape index (κ3) is 2.65. The van der Waals surface area contributed by atoms with Gasteiger partial charge in [-0.05, 0) is 54.0 Å². The first-order chi connectivity index (χ1) is 16.0. The number of hydrogen-bond donors (Lipinski definition) is 3. The molecule has 0 spiro atoms. The zero-order valence-corrected chi connectivity index (χ0v) is 19.1. The van der Waals surface area contributed by atoms with Crippen molar-refractivity contribution in [2.75, 3.05) is 4.90 Å². The molecule has 2 aromatic carbocycles. The summed E-state index contributed by atoms with van der Waals surface area (Å²) in [6.07, 6.45) is 0.105. The maximum atomic E-state index is 13.7. The van der Waals surface area contributed by atoms with Crippen LogP contribution in [-0.2, 0) is 4.79 Å². The van der Waals surface area contributed by atoms with Crippen molar-refractivity contribution in [1.82, 2.24) is 4.98 Å². The Morgan fingerprint density at radius 2 is 1.73 bits per heavy atom. The number of carbonyl (C=O) groups is 1. The molecule has 33 heavy (non-hydrogen) atoms. The Morgan fingerprint density at radius 1 is 0.970 bits per heavy atom. The molecule has 8 atom stereocenters. The number of aromatic amines is 1. The molecule has 0 radical (unpaired) electrons. The van der Waals surface area contributed by atoms with Gasteiger partial charge in [0, 0.05) is 33.6 Å². The van der Waals surface area contributed by atoms with Gasteiger partial charge in [0.1, 0.15) is 12.0 Å². The van der Waals surface area contributed by atoms with Crippen LogP contribution in [0.5, 0.6) is 5.75 Å². The molecule has 3 fully saturated rings. The first-order valence-corrected chi connectivity index (χ1v) is 13.0. The number of fused-ring (bicyclic) bond motifs is 9. The minimum atomic E-state index is -0.823. The van der Waals surface area contributed by atoms with E-state index in [1.54, 1.807) is 28.8 Å². The minimum absolute atomic E-state index is 0.00229. The molecule has 1 unspecified atom stereocenters. The molecule has 4 aliphatic rings. The SMILES string of the molecule is O=C1[C@@H]2[C@H]3C[C@H]([C@@H]4Sc5[nH]c(=O)sc5[C@@H](c5ccc(O)cc5)[C@H]34)[C@@H]2C(O)N1c1ccccc1. The van der Waals surface area contributed by atoms with Crippen molar-refractivity contribution >= 4 is 34.7 Å². The molecule has 2 saturated carbocycles. The van der Waals surface area contributed by atoms with Crippen LogP contribution in [0.25, 0.3) is 0 Å². The molecular weight excluding hydrogens is 456 g/mol. The number of aliphatic hydroxyl groups is 1. The lowest BCUT2D eigenvalue weighted by Gasteiger charge is -2.43. The molecule has 3 heterocycles. The molecule has 3 aromatic rings. The first kappa shape index (κ1) is 19.9. The number of nitrogens with zero attached hydrogens (tertiary/aromatic N) is 1. The van der Waals surface area contributed by atoms with Crippen LogP contribution in [0.4, 0.5) is 5.69 Å². The van der Waals surface area contributed by atoms with E-state index >= 15 is 0 Å². The van der Waals surface area contributed by atoms with Crippen LogP contribution in [0.2, 0.25) is 0 Å². The maximum Gasteiger partial charge on any atom is 0.305 e. The van der Waals surface area contributed by atoms with E-state index in [-0.39, 0.29) is 57.3 Å². The van der Waals surface area contributed by atoms with E-state index in [1.165, 1.54) is 11.3 Å². The Kier molecular flexibility index (Phi) is 4.20. The number of aromatic hydroxyl groups is 1. The van der Waals surface area contributed by atoms with Crippen molar-refractivity contribution in [3.05, 3.63) is 74.7 Å². The number of thiazole rings is 1. The number of para-hydroxylation sites is 1. The standard InChI is InChI=1S/C25H22N2O4S2/c28-13-8-6-11(7-9-13)16-17-14-10-15(20(17)32-22-21(16)33-25(31)26-22)19-18(14)23(29)27(24(19)30)12-4-2-1-3-5-12/h1-9,14-20,24,28,30H,10H2,(H,26,31)/t14-,15-,16-,17-,18+,19-,20-,24?/m0/s1. The fourth-order valence-corrected chi connectivity index (χ4v) is 10.0. The maximum absolute atomic E-state index is 13.7. The predicted molar refractivity (Wildman–Crippen MR) is 127 cm³/mol. The quantitative estimate of drug-likeness (QED) is 0.523. The van der Waals surface area contributed by atoms with Gasteiger partial charge in [-0.25, -0.2) is 0 Å². The number of benzene rings is 2. The molecule has 6 nitrogen and oxygen atoms in total. The van der Waals surface area contributed by atoms with Gasteiger partial charge in [-0.2, -0.15) is 0 Å². The number of thioether (sulfide) groups is 1. The summed E-state index contributed by atoms with van der Waals surface area (Å²) in [5.41, 5.74) is 1.81. The second-order valence-electron chi connectivity index (χ2n) is 9.56. The third-order valence-electron chi connectivity index (χ3n) is 8.19. The number of carbonyl (C=O) groups excluding carboxylic acids is 1. The second kappa shape index (κ2) is 6.98. The number of amides is 1. The average Bonchev–Trinajstić information content (AvgIpc) is 3.54. The molecule has 2 bridgehead atoms. The molecule has 168 valence electrons. The summed E-state index contributed by atoms with van der Waals surface area (Å²) in [6.45, 7) is 0. The summed E-state index contributed by atoms with van der Waals surface area (Å²) >= 11 is 2.99. The molecule has 2 aliphatic heterocycles. The van der Waals surface area contributed by atoms with Gasteiger partial charge in [0.25, 0.3) is 0 Å². The van der Waals surface area contributed by atoms with Crippen LogP contribution in [0, 0.1) is 29.6 Å². The number of phenolic OH excluding ortho intramolecular Hbond substituents is 1. The normalized spacial score (nSPS) is 36.0. The summed E-state index contributed by atoms with van der Waals surface area (Å²) < 4.78 is 0. The minimum Gasteiger partial charge on any atom is -0.508 e. The van der Waals surface area contributed by atoms with E-state index in [4.69, 9.17) is 0 Å². The van der Waals surface area contributed by atoms with Crippen LogP contribution in [-0.4, -0.2) is 32.6 Å². The Bertz CT molecular complexity index is 1300. The lowest BCUT2D eigenvalue weighted by Crippen LogP contribution is -2.43. The summed E-state index contributed by atoms with van der Waals surface area (Å²) in [5.74, 6) is 0.499. The smallest absolute Gasteiger partial charge is 0.305 e. The summed E-state index contributed by atoms with van der Waals surface area (Å²) in [6, 6.07) is 16.7. The zero-order valence-electron chi connectivity index (χ0n) is 17.5. The summed E-state index contributed by atoms with van der Waals surface area (Å²) in [4.78, 5) is 31.6. The van der Waals surface area contributed by atoms with Crippen LogP contribution in [0.3, 0.4) is 0 Å². The van der Waals surface area contributed by atoms with Crippen molar-refractivity contribution in [2.45, 2.75) is 28.8 Å². The van der Waals surface area contributed by atoms with Crippen LogP contribution in [0.15, 0.2) is 64.4 Å². The molecule has 7 rings (SSSR count). The van der Waals surface area contributed by atoms with Gasteiger partial charge in [0.15, 0.2) is 0 Å². The Labute approximate surface area is 198 Å². The fraction of sp³-hybridized carbons (Fsp3) is 0.360. The van der Waals surface area contributed by atoms with E-state index in [0.717, 1.165) is 27.6 Å². The number of aliphatic hydroxyl groups excluding tert-OH is 1. The highest BCUT2D eigenvalue weighted by Crippen LogP contribution is 2.69. The van der Waals surface area contributed by atoms with Crippen LogP contribution in [0.1, 0.15) is 22.8 Å². The summed E-state index contributed by atoms with van der Waals surface area (Å²) in [5, 5.41) is 22.3. The molecule has 1 saturated heterocycles. The van der Waals surface area contributed by atoms with Crippen molar-refractivity contribution < 1.29 is 15.0 Å². The Balaban J connectivity index is 1.33. The largest absolute Gasteiger partial charge is 0.508 e. The van der Waals surface area contributed by atoms with Crippen LogP contribution < -0.4 is 9.77 Å². The first-order valence-electron chi connectivity index (χ1n) is 11.3. The van der Waals surface area contributed by atoms with E-state index in [1.807, 2.05) is 42.5 Å². The average molecular weight is 479 g/mol. The van der Waals surface area contributed by atoms with E-state index in [0.29, 0.717) is 0 Å². The summed E-state index contributed by atoms with van der Waals surface area (Å²) in [7, 11) is 0. The Morgan fingerprint density at radius 3 is 2.48 bits per heavy atom. The van der Waals surface area contributed by atoms with E-state index in [9.17, 15) is 19.8 Å². The predicted octanol–water partition coefficient (Wildman–Crippen LogP) is 3.61. The van der Waals surface area contributed by atoms with Crippen LogP contribution >= 0.6 is 23.1 Å². The van der Waals surface area contributed by atoms with E-state index in [2.05, 4.69) is 4.98 Å². The molecule has 1 amide bonds. The Hall–Kier alpha value is -2.55. The van der Waals surface area contributed by atoms with Crippen molar-refractivity contribution in [3.8, 4) is 5.75 Å². The monoisotopic (exact) mass is 478 g/mol.